The van der Waals surface area contributed by atoms with Gasteiger partial charge in [-0.1, -0.05) is 0 Å². The lowest BCUT2D eigenvalue weighted by Gasteiger charge is -2.16. The summed E-state index contributed by atoms with van der Waals surface area (Å²) in [6.45, 7) is -0.334. The van der Waals surface area contributed by atoms with E-state index in [0.717, 1.165) is 4.57 Å². The highest BCUT2D eigenvalue weighted by Gasteiger charge is 2.45. The van der Waals surface area contributed by atoms with Crippen molar-refractivity contribution in [3.05, 3.63) is 22.7 Å². The Morgan fingerprint density at radius 3 is 2.94 bits per heavy atom. The number of anilines is 1. The van der Waals surface area contributed by atoms with Gasteiger partial charge in [0.05, 0.1) is 12.6 Å². The zero-order valence-electron chi connectivity index (χ0n) is 9.78. The molecule has 1 aliphatic heterocycles. The molecule has 100 valence electrons. The van der Waals surface area contributed by atoms with Gasteiger partial charge in [0.1, 0.15) is 11.9 Å². The van der Waals surface area contributed by atoms with E-state index in [9.17, 15) is 9.18 Å². The molecule has 0 bridgehead atoms. The van der Waals surface area contributed by atoms with Crippen LogP contribution in [0.3, 0.4) is 0 Å². The number of nitrogens with one attached hydrogen (secondary N) is 1. The summed E-state index contributed by atoms with van der Waals surface area (Å²) < 4.78 is 20.5. The number of likely N-dealkylation sites (N-methyl/N-ethyl adjacent to an activating group) is 1. The van der Waals surface area contributed by atoms with Crippen molar-refractivity contribution in [1.82, 2.24) is 14.9 Å². The second kappa shape index (κ2) is 5.01. The van der Waals surface area contributed by atoms with Crippen LogP contribution in [-0.2, 0) is 4.74 Å². The third-order valence-corrected chi connectivity index (χ3v) is 2.97. The quantitative estimate of drug-likeness (QED) is 0.619. The van der Waals surface area contributed by atoms with Crippen LogP contribution < -0.4 is 16.7 Å². The first kappa shape index (κ1) is 12.9. The van der Waals surface area contributed by atoms with E-state index >= 15 is 0 Å². The number of nitrogen functional groups attached to an aromatic ring is 1. The number of hydrogen-bond acceptors (Lipinski definition) is 6. The number of aliphatic hydroxyl groups is 1. The van der Waals surface area contributed by atoms with Gasteiger partial charge in [0.15, 0.2) is 12.4 Å². The van der Waals surface area contributed by atoms with Crippen LogP contribution in [0.15, 0.2) is 17.1 Å². The van der Waals surface area contributed by atoms with Crippen LogP contribution in [-0.4, -0.2) is 46.6 Å². The van der Waals surface area contributed by atoms with Crippen molar-refractivity contribution in [2.24, 2.45) is 0 Å². The van der Waals surface area contributed by atoms with E-state index in [4.69, 9.17) is 15.6 Å². The maximum Gasteiger partial charge on any atom is 0.351 e. The van der Waals surface area contributed by atoms with E-state index in [0.29, 0.717) is 0 Å². The second-order valence-electron chi connectivity index (χ2n) is 4.05. The molecule has 1 aromatic rings. The first-order chi connectivity index (χ1) is 8.58. The first-order valence-electron chi connectivity index (χ1n) is 5.50. The summed E-state index contributed by atoms with van der Waals surface area (Å²) >= 11 is 0. The van der Waals surface area contributed by atoms with Crippen LogP contribution >= 0.6 is 0 Å². The molecule has 2 heterocycles. The van der Waals surface area contributed by atoms with Gasteiger partial charge in [-0.25, -0.2) is 9.18 Å². The summed E-state index contributed by atoms with van der Waals surface area (Å²) in [6.07, 6.45) is -1.95. The molecule has 0 aliphatic carbocycles. The number of halogens is 1. The van der Waals surface area contributed by atoms with Crippen molar-refractivity contribution in [3.8, 4) is 0 Å². The highest BCUT2D eigenvalue weighted by Crippen LogP contribution is 2.30. The van der Waals surface area contributed by atoms with Gasteiger partial charge in [-0.3, -0.25) is 4.57 Å². The molecule has 4 atom stereocenters. The van der Waals surface area contributed by atoms with Crippen LogP contribution in [0.5, 0.6) is 0 Å². The molecular weight excluding hydrogens is 243 g/mol. The van der Waals surface area contributed by atoms with Crippen LogP contribution in [0.1, 0.15) is 6.23 Å². The molecule has 1 aliphatic rings. The predicted octanol–water partition coefficient (Wildman–Crippen LogP) is -1.36. The molecule has 1 aromatic heterocycles. The molecule has 4 N–H and O–H groups in total. The molecule has 0 radical (unpaired) electrons. The van der Waals surface area contributed by atoms with Crippen molar-refractivity contribution in [2.75, 3.05) is 19.4 Å². The van der Waals surface area contributed by atoms with Gasteiger partial charge in [0.25, 0.3) is 0 Å². The van der Waals surface area contributed by atoms with Crippen LogP contribution in [0.25, 0.3) is 0 Å². The summed E-state index contributed by atoms with van der Waals surface area (Å²) in [7, 11) is 1.57. The van der Waals surface area contributed by atoms with E-state index < -0.39 is 30.2 Å². The van der Waals surface area contributed by atoms with Gasteiger partial charge in [-0.05, 0) is 13.1 Å². The molecule has 7 nitrogen and oxygen atoms in total. The van der Waals surface area contributed by atoms with Gasteiger partial charge in [0.2, 0.25) is 0 Å². The molecule has 0 spiro atoms. The average Bonchev–Trinajstić information content (AvgIpc) is 2.66. The highest BCUT2D eigenvalue weighted by molar-refractivity contribution is 5.23. The summed E-state index contributed by atoms with van der Waals surface area (Å²) in [5.41, 5.74) is 4.67. The normalized spacial score (nSPS) is 31.7. The maximum absolute atomic E-state index is 14.1. The predicted molar refractivity (Wildman–Crippen MR) is 61.6 cm³/mol. The molecule has 1 fully saturated rings. The Balaban J connectivity index is 2.32. The van der Waals surface area contributed by atoms with E-state index in [1.165, 1.54) is 12.3 Å². The molecule has 0 aromatic carbocycles. The topological polar surface area (TPSA) is 102 Å². The van der Waals surface area contributed by atoms with Crippen LogP contribution in [0, 0.1) is 0 Å². The minimum absolute atomic E-state index is 0.0635. The Kier molecular flexibility index (Phi) is 3.60. The third kappa shape index (κ3) is 2.09. The lowest BCUT2D eigenvalue weighted by atomic mass is 10.1. The molecule has 0 saturated carbocycles. The summed E-state index contributed by atoms with van der Waals surface area (Å²) in [5, 5.41) is 11.8. The fraction of sp³-hybridized carbons (Fsp3) is 0.600. The van der Waals surface area contributed by atoms with E-state index in [1.807, 2.05) is 0 Å². The number of nitrogens with zero attached hydrogens (tertiary/aromatic N) is 2. The third-order valence-electron chi connectivity index (χ3n) is 2.97. The maximum atomic E-state index is 14.1. The smallest absolute Gasteiger partial charge is 0.351 e. The van der Waals surface area contributed by atoms with Crippen molar-refractivity contribution < 1.29 is 14.2 Å². The number of rotatable bonds is 3. The number of hydrogen-bond donors (Lipinski definition) is 3. The second-order valence-corrected chi connectivity index (χ2v) is 4.05. The van der Waals surface area contributed by atoms with Crippen molar-refractivity contribution in [2.45, 2.75) is 24.5 Å². The van der Waals surface area contributed by atoms with Crippen molar-refractivity contribution in [1.29, 1.82) is 0 Å². The molecule has 18 heavy (non-hydrogen) atoms. The van der Waals surface area contributed by atoms with Gasteiger partial charge in [-0.15, -0.1) is 0 Å². The molecule has 3 unspecified atom stereocenters. The molecule has 2 rings (SSSR count). The van der Waals surface area contributed by atoms with Gasteiger partial charge in [-0.2, -0.15) is 4.98 Å². The van der Waals surface area contributed by atoms with Crippen molar-refractivity contribution in [3.63, 3.8) is 0 Å². The SMILES string of the molecule is CNC1C(F)C(n2ccc(N)nc2=O)O[C@@H]1CO. The lowest BCUT2D eigenvalue weighted by molar-refractivity contribution is -0.0407. The van der Waals surface area contributed by atoms with E-state index in [1.54, 1.807) is 7.05 Å². The minimum atomic E-state index is -1.46. The Labute approximate surface area is 102 Å². The van der Waals surface area contributed by atoms with Crippen molar-refractivity contribution >= 4 is 5.82 Å². The number of aliphatic hydroxyl groups excluding tert-OH is 1. The molecule has 0 amide bonds. The Bertz CT molecular complexity index is 480. The van der Waals surface area contributed by atoms with Crippen LogP contribution in [0.2, 0.25) is 0 Å². The fourth-order valence-corrected chi connectivity index (χ4v) is 2.06. The number of nitrogens with two attached hydrogens (primary N) is 1. The van der Waals surface area contributed by atoms with Gasteiger partial charge < -0.3 is 20.9 Å². The van der Waals surface area contributed by atoms with E-state index in [-0.39, 0.29) is 12.4 Å². The first-order valence-corrected chi connectivity index (χ1v) is 5.50. The molecule has 1 saturated heterocycles. The van der Waals surface area contributed by atoms with Gasteiger partial charge >= 0.3 is 5.69 Å². The molecular formula is C10H15FN4O3. The lowest BCUT2D eigenvalue weighted by Crippen LogP contribution is -2.42. The standard InChI is InChI=1S/C10H15FN4O3/c1-13-8-5(4-16)18-9(7(8)11)15-3-2-6(12)14-10(15)17/h2-3,5,7-9,13,16H,4H2,1H3,(H2,12,14,17)/t5-,7?,8?,9?/m1/s1. The Morgan fingerprint density at radius 1 is 1.72 bits per heavy atom. The number of alkyl halides is 1. The largest absolute Gasteiger partial charge is 0.394 e. The zero-order chi connectivity index (χ0) is 13.3. The zero-order valence-corrected chi connectivity index (χ0v) is 9.78. The monoisotopic (exact) mass is 258 g/mol. The highest BCUT2D eigenvalue weighted by atomic mass is 19.1. The Morgan fingerprint density at radius 2 is 2.44 bits per heavy atom. The molecule has 8 heteroatoms. The average molecular weight is 258 g/mol. The number of ether oxygens (including phenoxy) is 1. The van der Waals surface area contributed by atoms with E-state index in [2.05, 4.69) is 10.3 Å². The minimum Gasteiger partial charge on any atom is -0.394 e. The fourth-order valence-electron chi connectivity index (χ4n) is 2.06. The Hall–Kier alpha value is -1.51. The van der Waals surface area contributed by atoms with Crippen LogP contribution in [0.4, 0.5) is 10.2 Å². The number of aromatic nitrogens is 2. The summed E-state index contributed by atoms with van der Waals surface area (Å²) in [5.74, 6) is 0.0635. The summed E-state index contributed by atoms with van der Waals surface area (Å²) in [6, 6.07) is 0.711. The van der Waals surface area contributed by atoms with Gasteiger partial charge in [0, 0.05) is 6.20 Å². The summed E-state index contributed by atoms with van der Waals surface area (Å²) in [4.78, 5) is 15.1.